The molecule has 3 rings (SSSR count). The lowest BCUT2D eigenvalue weighted by molar-refractivity contribution is 0.0746. The fraction of sp³-hybridized carbons (Fsp3) is 0.368. The highest BCUT2D eigenvalue weighted by molar-refractivity contribution is 5.94. The van der Waals surface area contributed by atoms with Crippen LogP contribution in [0.1, 0.15) is 24.2 Å². The molecule has 2 heterocycles. The van der Waals surface area contributed by atoms with Crippen LogP contribution in [0, 0.1) is 5.82 Å². The Morgan fingerprint density at radius 3 is 2.52 bits per heavy atom. The number of pyridine rings is 1. The number of rotatable bonds is 4. The first-order valence-electron chi connectivity index (χ1n) is 8.46. The standard InChI is InChI=1S/C19H22FN3O2/c1-14(2)25-17-7-6-15(13-16(17)20)19(24)23-11-9-22(10-12-23)18-5-3-4-8-21-18/h3-8,13-14H,9-12H2,1-2H3. The summed E-state index contributed by atoms with van der Waals surface area (Å²) < 4.78 is 19.5. The van der Waals surface area contributed by atoms with Gasteiger partial charge in [0.1, 0.15) is 5.82 Å². The zero-order valence-corrected chi connectivity index (χ0v) is 14.5. The second-order valence-electron chi connectivity index (χ2n) is 6.28. The number of aromatic nitrogens is 1. The van der Waals surface area contributed by atoms with Crippen molar-refractivity contribution < 1.29 is 13.9 Å². The van der Waals surface area contributed by atoms with Crippen molar-refractivity contribution in [2.24, 2.45) is 0 Å². The van der Waals surface area contributed by atoms with E-state index in [0.29, 0.717) is 31.7 Å². The van der Waals surface area contributed by atoms with E-state index in [1.165, 1.54) is 12.1 Å². The van der Waals surface area contributed by atoms with Crippen LogP contribution >= 0.6 is 0 Å². The average molecular weight is 343 g/mol. The minimum Gasteiger partial charge on any atom is -0.488 e. The quantitative estimate of drug-likeness (QED) is 0.856. The van der Waals surface area contributed by atoms with E-state index in [-0.39, 0.29) is 17.8 Å². The van der Waals surface area contributed by atoms with E-state index in [0.717, 1.165) is 5.82 Å². The predicted octanol–water partition coefficient (Wildman–Crippen LogP) is 2.97. The number of hydrogen-bond donors (Lipinski definition) is 0. The molecule has 0 unspecified atom stereocenters. The Bertz CT molecular complexity index is 729. The van der Waals surface area contributed by atoms with Gasteiger partial charge in [-0.25, -0.2) is 9.37 Å². The molecule has 1 fully saturated rings. The number of hydrogen-bond acceptors (Lipinski definition) is 4. The molecule has 1 saturated heterocycles. The van der Waals surface area contributed by atoms with Crippen molar-refractivity contribution in [2.45, 2.75) is 20.0 Å². The van der Waals surface area contributed by atoms with Crippen molar-refractivity contribution in [3.05, 3.63) is 54.0 Å². The minimum absolute atomic E-state index is 0.115. The van der Waals surface area contributed by atoms with E-state index >= 15 is 0 Å². The Morgan fingerprint density at radius 2 is 1.92 bits per heavy atom. The Balaban J connectivity index is 1.64. The van der Waals surface area contributed by atoms with Crippen LogP contribution in [0.5, 0.6) is 5.75 Å². The molecular formula is C19H22FN3O2. The first kappa shape index (κ1) is 17.2. The molecule has 0 atom stereocenters. The average Bonchev–Trinajstić information content (AvgIpc) is 2.63. The Morgan fingerprint density at radius 1 is 1.16 bits per heavy atom. The van der Waals surface area contributed by atoms with Gasteiger partial charge >= 0.3 is 0 Å². The molecule has 132 valence electrons. The van der Waals surface area contributed by atoms with Gasteiger partial charge in [-0.1, -0.05) is 6.07 Å². The molecule has 0 saturated carbocycles. The van der Waals surface area contributed by atoms with Crippen LogP contribution in [-0.4, -0.2) is 48.1 Å². The van der Waals surface area contributed by atoms with Crippen LogP contribution < -0.4 is 9.64 Å². The van der Waals surface area contributed by atoms with Crippen LogP contribution in [0.2, 0.25) is 0 Å². The number of ether oxygens (including phenoxy) is 1. The van der Waals surface area contributed by atoms with Gasteiger partial charge in [-0.05, 0) is 44.2 Å². The Hall–Kier alpha value is -2.63. The number of halogens is 1. The molecular weight excluding hydrogens is 321 g/mol. The number of benzene rings is 1. The summed E-state index contributed by atoms with van der Waals surface area (Å²) in [5, 5.41) is 0. The molecule has 0 N–H and O–H groups in total. The number of nitrogens with zero attached hydrogens (tertiary/aromatic N) is 3. The third-order valence-electron chi connectivity index (χ3n) is 4.08. The van der Waals surface area contributed by atoms with E-state index in [2.05, 4.69) is 9.88 Å². The van der Waals surface area contributed by atoms with E-state index in [9.17, 15) is 9.18 Å². The fourth-order valence-electron chi connectivity index (χ4n) is 2.85. The third kappa shape index (κ3) is 4.07. The first-order chi connectivity index (χ1) is 12.0. The van der Waals surface area contributed by atoms with Crippen molar-refractivity contribution >= 4 is 11.7 Å². The SMILES string of the molecule is CC(C)Oc1ccc(C(=O)N2CCN(c3ccccn3)CC2)cc1F. The van der Waals surface area contributed by atoms with Crippen LogP contribution in [0.25, 0.3) is 0 Å². The summed E-state index contributed by atoms with van der Waals surface area (Å²) in [5.41, 5.74) is 0.347. The normalized spacial score (nSPS) is 14.7. The van der Waals surface area contributed by atoms with Gasteiger partial charge in [0.15, 0.2) is 11.6 Å². The van der Waals surface area contributed by atoms with Gasteiger partial charge in [0.05, 0.1) is 6.10 Å². The highest BCUT2D eigenvalue weighted by Gasteiger charge is 2.23. The molecule has 6 heteroatoms. The van der Waals surface area contributed by atoms with Crippen LogP contribution in [0.4, 0.5) is 10.2 Å². The number of amides is 1. The van der Waals surface area contributed by atoms with Gasteiger partial charge in [0, 0.05) is 37.9 Å². The molecule has 0 spiro atoms. The fourth-order valence-corrected chi connectivity index (χ4v) is 2.85. The van der Waals surface area contributed by atoms with E-state index in [1.54, 1.807) is 17.2 Å². The van der Waals surface area contributed by atoms with E-state index in [4.69, 9.17) is 4.74 Å². The lowest BCUT2D eigenvalue weighted by atomic mass is 10.1. The lowest BCUT2D eigenvalue weighted by Gasteiger charge is -2.35. The Labute approximate surface area is 147 Å². The van der Waals surface area contributed by atoms with Crippen molar-refractivity contribution in [2.75, 3.05) is 31.1 Å². The number of piperazine rings is 1. The summed E-state index contributed by atoms with van der Waals surface area (Å²) in [5.74, 6) is 0.421. The summed E-state index contributed by atoms with van der Waals surface area (Å²) in [7, 11) is 0. The maximum Gasteiger partial charge on any atom is 0.254 e. The van der Waals surface area contributed by atoms with Crippen molar-refractivity contribution in [3.8, 4) is 5.75 Å². The molecule has 1 aromatic heterocycles. The predicted molar refractivity (Wildman–Crippen MR) is 94.5 cm³/mol. The molecule has 1 aliphatic rings. The highest BCUT2D eigenvalue weighted by atomic mass is 19.1. The molecule has 1 aromatic carbocycles. The zero-order chi connectivity index (χ0) is 17.8. The third-order valence-corrected chi connectivity index (χ3v) is 4.08. The van der Waals surface area contributed by atoms with Gasteiger partial charge in [0.2, 0.25) is 0 Å². The molecule has 1 amide bonds. The van der Waals surface area contributed by atoms with E-state index < -0.39 is 5.82 Å². The topological polar surface area (TPSA) is 45.7 Å². The zero-order valence-electron chi connectivity index (χ0n) is 14.5. The van der Waals surface area contributed by atoms with Crippen LogP contribution in [0.3, 0.4) is 0 Å². The molecule has 0 bridgehead atoms. The molecule has 25 heavy (non-hydrogen) atoms. The van der Waals surface area contributed by atoms with Gasteiger partial charge in [-0.15, -0.1) is 0 Å². The second kappa shape index (κ2) is 7.51. The molecule has 2 aromatic rings. The maximum absolute atomic E-state index is 14.1. The minimum atomic E-state index is -0.508. The summed E-state index contributed by atoms with van der Waals surface area (Å²) in [6.45, 7) is 6.25. The smallest absolute Gasteiger partial charge is 0.254 e. The molecule has 0 aliphatic carbocycles. The number of anilines is 1. The largest absolute Gasteiger partial charge is 0.488 e. The summed E-state index contributed by atoms with van der Waals surface area (Å²) in [4.78, 5) is 20.8. The van der Waals surface area contributed by atoms with Crippen LogP contribution in [-0.2, 0) is 0 Å². The van der Waals surface area contributed by atoms with Crippen molar-refractivity contribution in [1.29, 1.82) is 0 Å². The summed E-state index contributed by atoms with van der Waals surface area (Å²) in [6, 6.07) is 10.2. The van der Waals surface area contributed by atoms with Crippen LogP contribution in [0.15, 0.2) is 42.6 Å². The highest BCUT2D eigenvalue weighted by Crippen LogP contribution is 2.21. The van der Waals surface area contributed by atoms with Crippen molar-refractivity contribution in [1.82, 2.24) is 9.88 Å². The number of carbonyl (C=O) groups excluding carboxylic acids is 1. The molecule has 1 aliphatic heterocycles. The monoisotopic (exact) mass is 343 g/mol. The first-order valence-corrected chi connectivity index (χ1v) is 8.46. The molecule has 0 radical (unpaired) electrons. The Kier molecular flexibility index (Phi) is 5.16. The summed E-state index contributed by atoms with van der Waals surface area (Å²) >= 11 is 0. The lowest BCUT2D eigenvalue weighted by Crippen LogP contribution is -2.49. The van der Waals surface area contributed by atoms with Crippen molar-refractivity contribution in [3.63, 3.8) is 0 Å². The van der Waals surface area contributed by atoms with Gasteiger partial charge in [0.25, 0.3) is 5.91 Å². The van der Waals surface area contributed by atoms with Gasteiger partial charge in [-0.2, -0.15) is 0 Å². The number of carbonyl (C=O) groups is 1. The molecule has 5 nitrogen and oxygen atoms in total. The van der Waals surface area contributed by atoms with Gasteiger partial charge < -0.3 is 14.5 Å². The second-order valence-corrected chi connectivity index (χ2v) is 6.28. The van der Waals surface area contributed by atoms with Gasteiger partial charge in [-0.3, -0.25) is 4.79 Å². The maximum atomic E-state index is 14.1. The van der Waals surface area contributed by atoms with E-state index in [1.807, 2.05) is 32.0 Å². The summed E-state index contributed by atoms with van der Waals surface area (Å²) in [6.07, 6.45) is 1.65.